The van der Waals surface area contributed by atoms with Crippen molar-refractivity contribution >= 4 is 41.5 Å². The smallest absolute Gasteiger partial charge is 0.246 e. The van der Waals surface area contributed by atoms with Crippen LogP contribution in [0.2, 0.25) is 0 Å². The first-order valence-electron chi connectivity index (χ1n) is 9.23. The minimum absolute atomic E-state index is 0. The van der Waals surface area contributed by atoms with Gasteiger partial charge in [0, 0.05) is 45.5 Å². The lowest BCUT2D eigenvalue weighted by Crippen LogP contribution is -2.55. The summed E-state index contributed by atoms with van der Waals surface area (Å²) in [5.74, 6) is -0.596. The minimum Gasteiger partial charge on any atom is -0.357 e. The molecule has 158 valence electrons. The molecule has 1 fully saturated rings. The second-order valence-corrected chi connectivity index (χ2v) is 6.60. The van der Waals surface area contributed by atoms with E-state index in [0.29, 0.717) is 44.1 Å². The van der Waals surface area contributed by atoms with Gasteiger partial charge >= 0.3 is 0 Å². The van der Waals surface area contributed by atoms with E-state index >= 15 is 0 Å². The van der Waals surface area contributed by atoms with Crippen LogP contribution in [0.4, 0.5) is 14.5 Å². The Morgan fingerprint density at radius 2 is 1.97 bits per heavy atom. The van der Waals surface area contributed by atoms with Crippen LogP contribution in [0, 0.1) is 11.6 Å². The van der Waals surface area contributed by atoms with Gasteiger partial charge in [0.25, 0.3) is 0 Å². The van der Waals surface area contributed by atoms with E-state index in [4.69, 9.17) is 0 Å². The predicted octanol–water partition coefficient (Wildman–Crippen LogP) is 2.17. The van der Waals surface area contributed by atoms with Crippen molar-refractivity contribution in [2.75, 3.05) is 37.6 Å². The van der Waals surface area contributed by atoms with Crippen LogP contribution < -0.4 is 10.2 Å². The third kappa shape index (κ3) is 6.12. The van der Waals surface area contributed by atoms with E-state index in [1.807, 2.05) is 25.1 Å². The Labute approximate surface area is 185 Å². The number of guanidine groups is 1. The van der Waals surface area contributed by atoms with Crippen LogP contribution in [-0.2, 0) is 18.3 Å². The van der Waals surface area contributed by atoms with Gasteiger partial charge in [-0.15, -0.1) is 24.0 Å². The molecule has 3 rings (SSSR count). The number of hydrogen-bond donors (Lipinski definition) is 1. The van der Waals surface area contributed by atoms with Crippen LogP contribution in [0.3, 0.4) is 0 Å². The van der Waals surface area contributed by atoms with Gasteiger partial charge in [0.1, 0.15) is 18.2 Å². The number of aryl methyl sites for hydroxylation is 1. The van der Waals surface area contributed by atoms with Crippen LogP contribution in [0.5, 0.6) is 0 Å². The molecule has 1 aliphatic heterocycles. The van der Waals surface area contributed by atoms with E-state index in [0.717, 1.165) is 11.8 Å². The molecule has 2 aromatic rings. The molecule has 29 heavy (non-hydrogen) atoms. The maximum atomic E-state index is 13.3. The number of hydrogen-bond acceptors (Lipinski definition) is 3. The van der Waals surface area contributed by atoms with Crippen molar-refractivity contribution in [3.05, 3.63) is 47.8 Å². The number of nitrogens with zero attached hydrogens (tertiary/aromatic N) is 5. The Kier molecular flexibility index (Phi) is 8.35. The Hall–Kier alpha value is -2.24. The van der Waals surface area contributed by atoms with Gasteiger partial charge in [0.2, 0.25) is 5.91 Å². The molecule has 0 bridgehead atoms. The lowest BCUT2D eigenvalue weighted by atomic mass is 10.1. The van der Waals surface area contributed by atoms with E-state index in [-0.39, 0.29) is 36.4 Å². The van der Waals surface area contributed by atoms with Crippen molar-refractivity contribution in [3.63, 3.8) is 0 Å². The molecular weight excluding hydrogens is 493 g/mol. The number of nitrogens with one attached hydrogen (secondary N) is 1. The first-order chi connectivity index (χ1) is 13.5. The van der Waals surface area contributed by atoms with Gasteiger partial charge in [0.15, 0.2) is 5.96 Å². The largest absolute Gasteiger partial charge is 0.357 e. The molecule has 1 saturated heterocycles. The molecule has 0 radical (unpaired) electrons. The fourth-order valence-corrected chi connectivity index (χ4v) is 3.15. The molecule has 1 amide bonds. The van der Waals surface area contributed by atoms with E-state index < -0.39 is 11.6 Å². The molecule has 0 unspecified atom stereocenters. The van der Waals surface area contributed by atoms with Gasteiger partial charge < -0.3 is 15.1 Å². The van der Waals surface area contributed by atoms with Crippen molar-refractivity contribution in [1.82, 2.24) is 20.0 Å². The molecule has 1 aliphatic rings. The van der Waals surface area contributed by atoms with Crippen molar-refractivity contribution in [2.24, 2.45) is 12.0 Å². The van der Waals surface area contributed by atoms with Gasteiger partial charge in [-0.1, -0.05) is 0 Å². The lowest BCUT2D eigenvalue weighted by Gasteiger charge is -2.35. The Morgan fingerprint density at radius 1 is 1.24 bits per heavy atom. The highest BCUT2D eigenvalue weighted by atomic mass is 127. The summed E-state index contributed by atoms with van der Waals surface area (Å²) >= 11 is 0. The van der Waals surface area contributed by atoms with Gasteiger partial charge in [-0.3, -0.25) is 14.5 Å². The van der Waals surface area contributed by atoms with Crippen molar-refractivity contribution < 1.29 is 13.6 Å². The summed E-state index contributed by atoms with van der Waals surface area (Å²) in [5.41, 5.74) is 1.33. The van der Waals surface area contributed by atoms with E-state index in [1.54, 1.807) is 15.8 Å². The molecule has 0 spiro atoms. The highest BCUT2D eigenvalue weighted by Crippen LogP contribution is 2.16. The molecule has 7 nitrogen and oxygen atoms in total. The number of anilines is 1. The van der Waals surface area contributed by atoms with Gasteiger partial charge in [-0.25, -0.2) is 8.78 Å². The maximum Gasteiger partial charge on any atom is 0.246 e. The molecule has 1 N–H and O–H groups in total. The standard InChI is InChI=1S/C19H24F2N6O.HI/c1-3-22-19(23-5-4-14-8-15(20)10-16(21)9-14)26-6-7-27(18(28)13-26)17-11-24-25(2)12-17;/h8-12H,3-7,13H2,1-2H3,(H,22,23);1H. The van der Waals surface area contributed by atoms with Crippen molar-refractivity contribution in [2.45, 2.75) is 13.3 Å². The summed E-state index contributed by atoms with van der Waals surface area (Å²) in [6.07, 6.45) is 3.89. The molecular formula is C19H25F2IN6O. The average Bonchev–Trinajstić information content (AvgIpc) is 3.06. The maximum absolute atomic E-state index is 13.3. The number of aliphatic imine (C=N–C) groups is 1. The molecule has 0 atom stereocenters. The molecule has 0 saturated carbocycles. The van der Waals surface area contributed by atoms with Gasteiger partial charge in [0.05, 0.1) is 11.9 Å². The highest BCUT2D eigenvalue weighted by molar-refractivity contribution is 14.0. The second-order valence-electron chi connectivity index (χ2n) is 6.60. The first kappa shape index (κ1) is 23.0. The molecule has 1 aromatic carbocycles. The number of aromatic nitrogens is 2. The highest BCUT2D eigenvalue weighted by Gasteiger charge is 2.27. The number of rotatable bonds is 5. The molecule has 10 heteroatoms. The number of halogens is 3. The van der Waals surface area contributed by atoms with Crippen molar-refractivity contribution in [3.8, 4) is 0 Å². The van der Waals surface area contributed by atoms with E-state index in [1.165, 1.54) is 12.1 Å². The summed E-state index contributed by atoms with van der Waals surface area (Å²) in [6, 6.07) is 3.47. The number of carbonyl (C=O) groups excluding carboxylic acids is 1. The normalized spacial score (nSPS) is 14.8. The van der Waals surface area contributed by atoms with Crippen LogP contribution >= 0.6 is 24.0 Å². The van der Waals surface area contributed by atoms with E-state index in [2.05, 4.69) is 15.4 Å². The summed E-state index contributed by atoms with van der Waals surface area (Å²) in [5, 5.41) is 7.29. The molecule has 1 aromatic heterocycles. The van der Waals surface area contributed by atoms with Gasteiger partial charge in [-0.2, -0.15) is 5.10 Å². The molecule has 0 aliphatic carbocycles. The van der Waals surface area contributed by atoms with Crippen LogP contribution in [-0.4, -0.2) is 59.3 Å². The summed E-state index contributed by atoms with van der Waals surface area (Å²) < 4.78 is 28.3. The first-order valence-corrected chi connectivity index (χ1v) is 9.23. The van der Waals surface area contributed by atoms with E-state index in [9.17, 15) is 13.6 Å². The second kappa shape index (κ2) is 10.5. The Balaban J connectivity index is 0.00000300. The molecule has 2 heterocycles. The zero-order chi connectivity index (χ0) is 20.1. The topological polar surface area (TPSA) is 65.8 Å². The lowest BCUT2D eigenvalue weighted by molar-refractivity contribution is -0.120. The van der Waals surface area contributed by atoms with Gasteiger partial charge in [-0.05, 0) is 31.0 Å². The SMILES string of the molecule is CCNC(=NCCc1cc(F)cc(F)c1)N1CCN(c2cnn(C)c2)C(=O)C1.I. The Bertz CT molecular complexity index is 852. The number of carbonyl (C=O) groups is 1. The summed E-state index contributed by atoms with van der Waals surface area (Å²) in [6.45, 7) is 4.33. The van der Waals surface area contributed by atoms with Crippen LogP contribution in [0.1, 0.15) is 12.5 Å². The zero-order valence-electron chi connectivity index (χ0n) is 16.4. The predicted molar refractivity (Wildman–Crippen MR) is 119 cm³/mol. The number of benzene rings is 1. The van der Waals surface area contributed by atoms with Crippen molar-refractivity contribution in [1.29, 1.82) is 0 Å². The number of piperazine rings is 1. The Morgan fingerprint density at radius 3 is 2.55 bits per heavy atom. The zero-order valence-corrected chi connectivity index (χ0v) is 18.8. The fraction of sp³-hybridized carbons (Fsp3) is 0.421. The third-order valence-corrected chi connectivity index (χ3v) is 4.44. The third-order valence-electron chi connectivity index (χ3n) is 4.44. The minimum atomic E-state index is -0.594. The fourth-order valence-electron chi connectivity index (χ4n) is 3.15. The van der Waals surface area contributed by atoms with Crippen LogP contribution in [0.25, 0.3) is 0 Å². The summed E-state index contributed by atoms with van der Waals surface area (Å²) in [4.78, 5) is 20.7. The quantitative estimate of drug-likeness (QED) is 0.375. The van der Waals surface area contributed by atoms with Crippen LogP contribution in [0.15, 0.2) is 35.6 Å². The summed E-state index contributed by atoms with van der Waals surface area (Å²) in [7, 11) is 1.81. The monoisotopic (exact) mass is 518 g/mol. The number of amides is 1. The average molecular weight is 518 g/mol.